The van der Waals surface area contributed by atoms with Crippen LogP contribution in [0, 0.1) is 5.92 Å². The predicted molar refractivity (Wildman–Crippen MR) is 93.7 cm³/mol. The lowest BCUT2D eigenvalue weighted by molar-refractivity contribution is 0.303. The number of allylic oxidation sites excluding steroid dienone is 4. The molecule has 1 aromatic rings. The van der Waals surface area contributed by atoms with Crippen LogP contribution in [-0.4, -0.2) is 0 Å². The van der Waals surface area contributed by atoms with E-state index >= 15 is 0 Å². The topological polar surface area (TPSA) is 0 Å². The Morgan fingerprint density at radius 2 is 2.00 bits per heavy atom. The Morgan fingerprint density at radius 3 is 2.62 bits per heavy atom. The van der Waals surface area contributed by atoms with E-state index in [2.05, 4.69) is 70.2 Å². The molecule has 1 aliphatic carbocycles. The standard InChI is InChI=1S/C21H30/c1-5-17(3)21(4,16-19-11-8-7-9-12-19)20-14-10-13-18(6-2)15-20/h8,10-15,17H,5-7,9,16H2,1-4H3. The van der Waals surface area contributed by atoms with E-state index in [0.717, 1.165) is 12.8 Å². The summed E-state index contributed by atoms with van der Waals surface area (Å²) in [6.07, 6.45) is 13.0. The van der Waals surface area contributed by atoms with Crippen molar-refractivity contribution >= 4 is 0 Å². The molecule has 2 atom stereocenters. The molecule has 2 unspecified atom stereocenters. The van der Waals surface area contributed by atoms with Crippen molar-refractivity contribution < 1.29 is 0 Å². The maximum absolute atomic E-state index is 2.46. The average molecular weight is 282 g/mol. The van der Waals surface area contributed by atoms with Gasteiger partial charge in [0.2, 0.25) is 0 Å². The Kier molecular flexibility index (Phi) is 5.45. The van der Waals surface area contributed by atoms with Crippen molar-refractivity contribution in [1.82, 2.24) is 0 Å². The van der Waals surface area contributed by atoms with Gasteiger partial charge < -0.3 is 0 Å². The van der Waals surface area contributed by atoms with Crippen LogP contribution in [0.1, 0.15) is 64.5 Å². The zero-order valence-corrected chi connectivity index (χ0v) is 14.2. The fourth-order valence-electron chi connectivity index (χ4n) is 3.38. The normalized spacial score (nSPS) is 19.0. The molecular weight excluding hydrogens is 252 g/mol. The van der Waals surface area contributed by atoms with Gasteiger partial charge in [-0.15, -0.1) is 0 Å². The highest BCUT2D eigenvalue weighted by Gasteiger charge is 2.32. The SMILES string of the molecule is CCc1cccc(C(C)(CC2=CCCC=C2)C(C)CC)c1. The van der Waals surface area contributed by atoms with E-state index in [1.807, 2.05) is 0 Å². The fourth-order valence-corrected chi connectivity index (χ4v) is 3.38. The summed E-state index contributed by atoms with van der Waals surface area (Å²) >= 11 is 0. The third-order valence-electron chi connectivity index (χ3n) is 5.34. The first-order valence-electron chi connectivity index (χ1n) is 8.55. The minimum absolute atomic E-state index is 0.230. The van der Waals surface area contributed by atoms with Gasteiger partial charge in [-0.25, -0.2) is 0 Å². The second kappa shape index (κ2) is 7.11. The molecule has 2 rings (SSSR count). The van der Waals surface area contributed by atoms with Crippen molar-refractivity contribution in [3.8, 4) is 0 Å². The minimum atomic E-state index is 0.230. The number of hydrogen-bond donors (Lipinski definition) is 0. The third-order valence-corrected chi connectivity index (χ3v) is 5.34. The van der Waals surface area contributed by atoms with Crippen LogP contribution in [0.4, 0.5) is 0 Å². The monoisotopic (exact) mass is 282 g/mol. The average Bonchev–Trinajstić information content (AvgIpc) is 2.54. The van der Waals surface area contributed by atoms with Crippen molar-refractivity contribution in [2.45, 2.75) is 65.2 Å². The van der Waals surface area contributed by atoms with E-state index in [9.17, 15) is 0 Å². The van der Waals surface area contributed by atoms with Gasteiger partial charge in [0, 0.05) is 0 Å². The van der Waals surface area contributed by atoms with E-state index in [4.69, 9.17) is 0 Å². The molecule has 0 amide bonds. The Balaban J connectivity index is 2.35. The van der Waals surface area contributed by atoms with E-state index in [1.165, 1.54) is 36.0 Å². The first-order chi connectivity index (χ1) is 10.1. The highest BCUT2D eigenvalue weighted by molar-refractivity contribution is 5.35. The molecular formula is C21H30. The summed E-state index contributed by atoms with van der Waals surface area (Å²) in [5, 5.41) is 0. The highest BCUT2D eigenvalue weighted by atomic mass is 14.4. The molecule has 0 saturated heterocycles. The largest absolute Gasteiger partial charge is 0.0840 e. The number of rotatable bonds is 6. The summed E-state index contributed by atoms with van der Waals surface area (Å²) in [4.78, 5) is 0. The van der Waals surface area contributed by atoms with Crippen LogP contribution in [0.5, 0.6) is 0 Å². The second-order valence-electron chi connectivity index (χ2n) is 6.72. The van der Waals surface area contributed by atoms with Crippen LogP contribution in [0.3, 0.4) is 0 Å². The summed E-state index contributed by atoms with van der Waals surface area (Å²) in [6.45, 7) is 9.43. The van der Waals surface area contributed by atoms with Crippen LogP contribution >= 0.6 is 0 Å². The molecule has 1 aromatic carbocycles. The molecule has 114 valence electrons. The van der Waals surface area contributed by atoms with Gasteiger partial charge in [0.1, 0.15) is 0 Å². The lowest BCUT2D eigenvalue weighted by Gasteiger charge is -2.37. The molecule has 0 saturated carbocycles. The van der Waals surface area contributed by atoms with E-state index in [-0.39, 0.29) is 5.41 Å². The van der Waals surface area contributed by atoms with Crippen molar-refractivity contribution in [2.75, 3.05) is 0 Å². The lowest BCUT2D eigenvalue weighted by Crippen LogP contribution is -2.31. The Morgan fingerprint density at radius 1 is 1.19 bits per heavy atom. The Labute approximate surface area is 131 Å². The van der Waals surface area contributed by atoms with Crippen molar-refractivity contribution in [3.05, 3.63) is 59.2 Å². The van der Waals surface area contributed by atoms with Crippen LogP contribution in [0.25, 0.3) is 0 Å². The van der Waals surface area contributed by atoms with Crippen LogP contribution in [-0.2, 0) is 11.8 Å². The molecule has 0 heterocycles. The summed E-state index contributed by atoms with van der Waals surface area (Å²) in [6, 6.07) is 9.25. The molecule has 0 nitrogen and oxygen atoms in total. The van der Waals surface area contributed by atoms with Gasteiger partial charge in [0.15, 0.2) is 0 Å². The Hall–Kier alpha value is -1.30. The van der Waals surface area contributed by atoms with Gasteiger partial charge in [-0.2, -0.15) is 0 Å². The van der Waals surface area contributed by atoms with Gasteiger partial charge >= 0.3 is 0 Å². The molecule has 0 aromatic heterocycles. The van der Waals surface area contributed by atoms with Crippen LogP contribution < -0.4 is 0 Å². The minimum Gasteiger partial charge on any atom is -0.0840 e. The van der Waals surface area contributed by atoms with Crippen molar-refractivity contribution in [1.29, 1.82) is 0 Å². The quantitative estimate of drug-likeness (QED) is 0.581. The molecule has 0 fully saturated rings. The summed E-state index contributed by atoms with van der Waals surface area (Å²) in [7, 11) is 0. The number of hydrogen-bond acceptors (Lipinski definition) is 0. The van der Waals surface area contributed by atoms with Crippen molar-refractivity contribution in [2.24, 2.45) is 5.92 Å². The molecule has 0 spiro atoms. The first kappa shape index (κ1) is 16.1. The molecule has 0 aliphatic heterocycles. The van der Waals surface area contributed by atoms with Crippen LogP contribution in [0.15, 0.2) is 48.1 Å². The smallest absolute Gasteiger partial charge is 0.000946 e. The van der Waals surface area contributed by atoms with Gasteiger partial charge in [-0.05, 0) is 48.1 Å². The molecule has 0 radical (unpaired) electrons. The molecule has 21 heavy (non-hydrogen) atoms. The van der Waals surface area contributed by atoms with E-state index < -0.39 is 0 Å². The predicted octanol–water partition coefficient (Wildman–Crippen LogP) is 6.22. The second-order valence-corrected chi connectivity index (χ2v) is 6.72. The number of aryl methyl sites for hydroxylation is 1. The van der Waals surface area contributed by atoms with Gasteiger partial charge in [-0.1, -0.05) is 82.2 Å². The summed E-state index contributed by atoms with van der Waals surface area (Å²) in [5.41, 5.74) is 4.71. The van der Waals surface area contributed by atoms with Gasteiger partial charge in [-0.3, -0.25) is 0 Å². The highest BCUT2D eigenvalue weighted by Crippen LogP contribution is 2.40. The lowest BCUT2D eigenvalue weighted by atomic mass is 9.67. The van der Waals surface area contributed by atoms with Crippen molar-refractivity contribution in [3.63, 3.8) is 0 Å². The Bertz CT molecular complexity index is 521. The van der Waals surface area contributed by atoms with E-state index in [0.29, 0.717) is 5.92 Å². The summed E-state index contributed by atoms with van der Waals surface area (Å²) < 4.78 is 0. The zero-order valence-electron chi connectivity index (χ0n) is 14.2. The molecule has 1 aliphatic rings. The fraction of sp³-hybridized carbons (Fsp3) is 0.524. The zero-order chi connectivity index (χ0) is 15.3. The molecule has 0 N–H and O–H groups in total. The van der Waals surface area contributed by atoms with Gasteiger partial charge in [0.25, 0.3) is 0 Å². The maximum atomic E-state index is 2.46. The third kappa shape index (κ3) is 3.67. The first-order valence-corrected chi connectivity index (χ1v) is 8.55. The molecule has 0 heteroatoms. The van der Waals surface area contributed by atoms with Crippen LogP contribution in [0.2, 0.25) is 0 Å². The van der Waals surface area contributed by atoms with Gasteiger partial charge in [0.05, 0.1) is 0 Å². The maximum Gasteiger partial charge on any atom is -0.000946 e. The van der Waals surface area contributed by atoms with E-state index in [1.54, 1.807) is 0 Å². The molecule has 0 bridgehead atoms. The number of benzene rings is 1. The summed E-state index contributed by atoms with van der Waals surface area (Å²) in [5.74, 6) is 0.681.